The number of nitrogens with one attached hydrogen (secondary N) is 2. The third-order valence-corrected chi connectivity index (χ3v) is 4.14. The Hall–Kier alpha value is -3.42. The Kier molecular flexibility index (Phi) is 3.67. The molecule has 1 aliphatic rings. The molecule has 0 atom stereocenters. The number of aryl methyl sites for hydroxylation is 1. The number of fused-ring (bicyclic) bond motifs is 1. The van der Waals surface area contributed by atoms with E-state index in [4.69, 9.17) is 5.73 Å². The molecule has 0 radical (unpaired) electrons. The number of benzene rings is 1. The van der Waals surface area contributed by atoms with Gasteiger partial charge in [-0.05, 0) is 31.0 Å². The van der Waals surface area contributed by atoms with E-state index in [1.807, 2.05) is 6.92 Å². The number of anilines is 2. The Morgan fingerprint density at radius 1 is 1.16 bits per heavy atom. The lowest BCUT2D eigenvalue weighted by molar-refractivity contribution is -0.114. The molecule has 0 fully saturated rings. The molecular weight excluding hydrogens is 324 g/mol. The third kappa shape index (κ3) is 2.47. The van der Waals surface area contributed by atoms with Crippen molar-refractivity contribution in [3.63, 3.8) is 0 Å². The highest BCUT2D eigenvalue weighted by molar-refractivity contribution is 6.23. The molecule has 3 amide bonds. The van der Waals surface area contributed by atoms with Crippen molar-refractivity contribution in [3.05, 3.63) is 50.8 Å². The van der Waals surface area contributed by atoms with Gasteiger partial charge < -0.3 is 11.1 Å². The fourth-order valence-corrected chi connectivity index (χ4v) is 2.97. The molecule has 128 valence electrons. The molecule has 3 rings (SSSR count). The van der Waals surface area contributed by atoms with E-state index in [-0.39, 0.29) is 22.9 Å². The average Bonchev–Trinajstić information content (AvgIpc) is 2.79. The number of carbonyl (C=O) groups excluding carboxylic acids is 3. The summed E-state index contributed by atoms with van der Waals surface area (Å²) in [4.78, 5) is 47.7. The standard InChI is InChI=1S/C17H16N4O4/c1-7-4-5-11(8(2)14(7)19-9(3)22)21-12(23)6-10-13(15(21)18)17(25)20-16(10)24/h4-6H,18H2,1-3H3,(H,19,22)(H,20,24,25). The van der Waals surface area contributed by atoms with Crippen LogP contribution in [0.4, 0.5) is 11.5 Å². The van der Waals surface area contributed by atoms with Gasteiger partial charge in [0.25, 0.3) is 17.4 Å². The normalized spacial score (nSPS) is 12.8. The van der Waals surface area contributed by atoms with E-state index in [9.17, 15) is 19.2 Å². The number of amides is 3. The van der Waals surface area contributed by atoms with Gasteiger partial charge in [-0.15, -0.1) is 0 Å². The fourth-order valence-electron chi connectivity index (χ4n) is 2.97. The van der Waals surface area contributed by atoms with Crippen molar-refractivity contribution >= 4 is 29.2 Å². The first-order chi connectivity index (χ1) is 11.7. The highest BCUT2D eigenvalue weighted by atomic mass is 16.2. The van der Waals surface area contributed by atoms with Gasteiger partial charge in [0.15, 0.2) is 0 Å². The molecule has 0 saturated heterocycles. The summed E-state index contributed by atoms with van der Waals surface area (Å²) in [7, 11) is 0. The molecule has 0 spiro atoms. The van der Waals surface area contributed by atoms with Gasteiger partial charge in [-0.1, -0.05) is 6.07 Å². The van der Waals surface area contributed by atoms with Crippen molar-refractivity contribution in [2.45, 2.75) is 20.8 Å². The quantitative estimate of drug-likeness (QED) is 0.700. The summed E-state index contributed by atoms with van der Waals surface area (Å²) in [6.07, 6.45) is 0. The van der Waals surface area contributed by atoms with E-state index in [1.165, 1.54) is 6.92 Å². The summed E-state index contributed by atoms with van der Waals surface area (Å²) < 4.78 is 1.16. The van der Waals surface area contributed by atoms with Gasteiger partial charge in [-0.2, -0.15) is 0 Å². The van der Waals surface area contributed by atoms with Gasteiger partial charge in [0.1, 0.15) is 5.82 Å². The number of hydrogen-bond acceptors (Lipinski definition) is 5. The molecule has 25 heavy (non-hydrogen) atoms. The molecule has 0 bridgehead atoms. The van der Waals surface area contributed by atoms with Gasteiger partial charge in [-0.25, -0.2) is 0 Å². The van der Waals surface area contributed by atoms with Crippen LogP contribution in [0.5, 0.6) is 0 Å². The maximum atomic E-state index is 12.5. The summed E-state index contributed by atoms with van der Waals surface area (Å²) in [6.45, 7) is 4.94. The van der Waals surface area contributed by atoms with Crippen LogP contribution in [0.25, 0.3) is 5.69 Å². The molecule has 2 heterocycles. The van der Waals surface area contributed by atoms with Gasteiger partial charge in [0, 0.05) is 18.7 Å². The largest absolute Gasteiger partial charge is 0.384 e. The first kappa shape index (κ1) is 16.4. The van der Waals surface area contributed by atoms with Crippen molar-refractivity contribution in [1.29, 1.82) is 0 Å². The van der Waals surface area contributed by atoms with Crippen molar-refractivity contribution in [2.75, 3.05) is 11.1 Å². The van der Waals surface area contributed by atoms with E-state index in [1.54, 1.807) is 19.1 Å². The highest BCUT2D eigenvalue weighted by Crippen LogP contribution is 2.29. The number of rotatable bonds is 2. The molecule has 1 aromatic heterocycles. The van der Waals surface area contributed by atoms with Crippen LogP contribution >= 0.6 is 0 Å². The minimum absolute atomic E-state index is 0.0225. The predicted molar refractivity (Wildman–Crippen MR) is 92.0 cm³/mol. The number of nitrogens with two attached hydrogens (primary N) is 1. The fraction of sp³-hybridized carbons (Fsp3) is 0.176. The Balaban J connectivity index is 2.31. The number of carbonyl (C=O) groups is 3. The lowest BCUT2D eigenvalue weighted by Crippen LogP contribution is -2.25. The molecule has 4 N–H and O–H groups in total. The Morgan fingerprint density at radius 2 is 1.84 bits per heavy atom. The number of nitrogen functional groups attached to an aromatic ring is 1. The van der Waals surface area contributed by atoms with E-state index < -0.39 is 17.4 Å². The number of nitrogens with zero attached hydrogens (tertiary/aromatic N) is 1. The minimum atomic E-state index is -0.643. The average molecular weight is 340 g/mol. The molecule has 0 saturated carbocycles. The summed E-state index contributed by atoms with van der Waals surface area (Å²) >= 11 is 0. The number of pyridine rings is 1. The van der Waals surface area contributed by atoms with Gasteiger partial charge >= 0.3 is 0 Å². The lowest BCUT2D eigenvalue weighted by Gasteiger charge is -2.18. The second kappa shape index (κ2) is 5.59. The topological polar surface area (TPSA) is 123 Å². The monoisotopic (exact) mass is 340 g/mol. The maximum absolute atomic E-state index is 12.5. The van der Waals surface area contributed by atoms with Crippen molar-refractivity contribution in [2.24, 2.45) is 0 Å². The zero-order valence-electron chi connectivity index (χ0n) is 13.9. The first-order valence-electron chi connectivity index (χ1n) is 7.51. The third-order valence-electron chi connectivity index (χ3n) is 4.14. The lowest BCUT2D eigenvalue weighted by atomic mass is 10.1. The van der Waals surface area contributed by atoms with E-state index >= 15 is 0 Å². The molecular formula is C17H16N4O4. The molecule has 2 aromatic rings. The molecule has 0 aliphatic carbocycles. The first-order valence-corrected chi connectivity index (χ1v) is 7.51. The van der Waals surface area contributed by atoms with Crippen LogP contribution in [0.3, 0.4) is 0 Å². The van der Waals surface area contributed by atoms with E-state index in [0.29, 0.717) is 16.9 Å². The van der Waals surface area contributed by atoms with Gasteiger partial charge in [0.2, 0.25) is 5.91 Å². The van der Waals surface area contributed by atoms with Gasteiger partial charge in [0.05, 0.1) is 16.8 Å². The smallest absolute Gasteiger partial charge is 0.262 e. The summed E-state index contributed by atoms with van der Waals surface area (Å²) in [6, 6.07) is 4.50. The van der Waals surface area contributed by atoms with E-state index in [0.717, 1.165) is 16.2 Å². The number of hydrogen-bond donors (Lipinski definition) is 3. The van der Waals surface area contributed by atoms with Crippen LogP contribution in [0.2, 0.25) is 0 Å². The van der Waals surface area contributed by atoms with Crippen LogP contribution in [0, 0.1) is 13.8 Å². The second-order valence-electron chi connectivity index (χ2n) is 5.86. The Bertz CT molecular complexity index is 1020. The minimum Gasteiger partial charge on any atom is -0.384 e. The number of imide groups is 1. The highest BCUT2D eigenvalue weighted by Gasteiger charge is 2.32. The van der Waals surface area contributed by atoms with Crippen LogP contribution in [-0.4, -0.2) is 22.3 Å². The second-order valence-corrected chi connectivity index (χ2v) is 5.86. The molecule has 8 nitrogen and oxygen atoms in total. The van der Waals surface area contributed by atoms with Crippen molar-refractivity contribution in [3.8, 4) is 5.69 Å². The molecule has 0 unspecified atom stereocenters. The van der Waals surface area contributed by atoms with Gasteiger partial charge in [-0.3, -0.25) is 29.1 Å². The molecule has 8 heteroatoms. The molecule has 1 aliphatic heterocycles. The van der Waals surface area contributed by atoms with Crippen molar-refractivity contribution < 1.29 is 14.4 Å². The van der Waals surface area contributed by atoms with Crippen LogP contribution in [0.15, 0.2) is 23.0 Å². The summed E-state index contributed by atoms with van der Waals surface area (Å²) in [5.41, 5.74) is 7.87. The maximum Gasteiger partial charge on any atom is 0.262 e. The SMILES string of the molecule is CC(=O)Nc1c(C)ccc(-n2c(N)c3c(cc2=O)C(=O)NC3=O)c1C. The van der Waals surface area contributed by atoms with Crippen molar-refractivity contribution in [1.82, 2.24) is 9.88 Å². The Labute approximate surface area is 142 Å². The number of aromatic nitrogens is 1. The molecule has 1 aromatic carbocycles. The predicted octanol–water partition coefficient (Wildman–Crippen LogP) is 0.879. The zero-order valence-corrected chi connectivity index (χ0v) is 13.9. The summed E-state index contributed by atoms with van der Waals surface area (Å²) in [5, 5.41) is 4.85. The van der Waals surface area contributed by atoms with Crippen LogP contribution in [-0.2, 0) is 4.79 Å². The van der Waals surface area contributed by atoms with Crippen LogP contribution in [0.1, 0.15) is 38.8 Å². The zero-order chi connectivity index (χ0) is 18.5. The van der Waals surface area contributed by atoms with Crippen LogP contribution < -0.4 is 21.9 Å². The Morgan fingerprint density at radius 3 is 2.48 bits per heavy atom. The summed E-state index contributed by atoms with van der Waals surface area (Å²) in [5.74, 6) is -1.65. The van der Waals surface area contributed by atoms with E-state index in [2.05, 4.69) is 10.6 Å².